The molecule has 0 radical (unpaired) electrons. The van der Waals surface area contributed by atoms with Gasteiger partial charge in [-0.3, -0.25) is 9.59 Å². The maximum Gasteiger partial charge on any atom is 0.275 e. The van der Waals surface area contributed by atoms with Gasteiger partial charge in [-0.15, -0.1) is 0 Å². The zero-order chi connectivity index (χ0) is 12.8. The van der Waals surface area contributed by atoms with E-state index in [-0.39, 0.29) is 24.1 Å². The van der Waals surface area contributed by atoms with Gasteiger partial charge in [0.05, 0.1) is 12.2 Å². The number of nitrogen functional groups attached to an aromatic ring is 1. The molecule has 17 heavy (non-hydrogen) atoms. The lowest BCUT2D eigenvalue weighted by molar-refractivity contribution is -0.121. The quantitative estimate of drug-likeness (QED) is 0.762. The monoisotopic (exact) mass is 236 g/mol. The number of nitrogens with two attached hydrogens (primary N) is 1. The summed E-state index contributed by atoms with van der Waals surface area (Å²) >= 11 is 0. The van der Waals surface area contributed by atoms with Gasteiger partial charge in [0, 0.05) is 19.8 Å². The molecule has 0 aliphatic heterocycles. The first kappa shape index (κ1) is 13.0. The number of nitrogens with one attached hydrogen (secondary N) is 1. The van der Waals surface area contributed by atoms with Gasteiger partial charge in [-0.1, -0.05) is 0 Å². The predicted octanol–water partition coefficient (Wildman–Crippen LogP) is -0.128. The molecule has 6 heteroatoms. The van der Waals surface area contributed by atoms with Crippen LogP contribution in [-0.2, 0) is 4.79 Å². The van der Waals surface area contributed by atoms with Gasteiger partial charge in [-0.2, -0.15) is 0 Å². The number of hydrogen-bond donors (Lipinski definition) is 2. The fraction of sp³-hybridized carbons (Fsp3) is 0.364. The van der Waals surface area contributed by atoms with Crippen LogP contribution in [0.3, 0.4) is 0 Å². The Balaban J connectivity index is 2.87. The molecule has 0 saturated carbocycles. The van der Waals surface area contributed by atoms with E-state index < -0.39 is 0 Å². The van der Waals surface area contributed by atoms with Crippen molar-refractivity contribution in [3.8, 4) is 0 Å². The van der Waals surface area contributed by atoms with E-state index in [9.17, 15) is 9.59 Å². The summed E-state index contributed by atoms with van der Waals surface area (Å²) < 4.78 is 0. The number of carbonyl (C=O) groups excluding carboxylic acids is 2. The number of pyridine rings is 1. The Hall–Kier alpha value is -2.11. The van der Waals surface area contributed by atoms with E-state index in [2.05, 4.69) is 10.3 Å². The normalized spacial score (nSPS) is 9.76. The Morgan fingerprint density at radius 2 is 2.24 bits per heavy atom. The van der Waals surface area contributed by atoms with E-state index >= 15 is 0 Å². The zero-order valence-corrected chi connectivity index (χ0v) is 9.93. The summed E-state index contributed by atoms with van der Waals surface area (Å²) in [4.78, 5) is 28.6. The fourth-order valence-corrected chi connectivity index (χ4v) is 1.33. The average molecular weight is 236 g/mol. The molecule has 0 aromatic carbocycles. The lowest BCUT2D eigenvalue weighted by Crippen LogP contribution is -2.40. The first-order chi connectivity index (χ1) is 8.10. The molecule has 0 spiro atoms. The second kappa shape index (κ2) is 5.83. The zero-order valence-electron chi connectivity index (χ0n) is 9.93. The van der Waals surface area contributed by atoms with Gasteiger partial charge in [-0.05, 0) is 19.1 Å². The minimum Gasteiger partial charge on any atom is -0.397 e. The van der Waals surface area contributed by atoms with Crippen molar-refractivity contribution in [2.24, 2.45) is 0 Å². The summed E-state index contributed by atoms with van der Waals surface area (Å²) in [5.74, 6) is -0.566. The van der Waals surface area contributed by atoms with E-state index in [0.29, 0.717) is 12.2 Å². The number of carbonyl (C=O) groups is 2. The third kappa shape index (κ3) is 3.17. The van der Waals surface area contributed by atoms with Gasteiger partial charge in [0.2, 0.25) is 5.91 Å². The Morgan fingerprint density at radius 3 is 2.76 bits per heavy atom. The van der Waals surface area contributed by atoms with Crippen molar-refractivity contribution in [1.29, 1.82) is 0 Å². The van der Waals surface area contributed by atoms with Crippen molar-refractivity contribution in [3.05, 3.63) is 24.0 Å². The lowest BCUT2D eigenvalue weighted by Gasteiger charge is -2.19. The van der Waals surface area contributed by atoms with Crippen LogP contribution in [0.15, 0.2) is 18.3 Å². The van der Waals surface area contributed by atoms with Crippen LogP contribution >= 0.6 is 0 Å². The highest BCUT2D eigenvalue weighted by molar-refractivity contribution is 5.98. The summed E-state index contributed by atoms with van der Waals surface area (Å²) in [6.07, 6.45) is 1.50. The molecule has 1 rings (SSSR count). The smallest absolute Gasteiger partial charge is 0.275 e. The van der Waals surface area contributed by atoms with Gasteiger partial charge >= 0.3 is 0 Å². The number of hydrogen-bond acceptors (Lipinski definition) is 4. The lowest BCUT2D eigenvalue weighted by atomic mass is 10.2. The molecule has 1 aromatic rings. The molecule has 0 unspecified atom stereocenters. The number of amides is 2. The Kier molecular flexibility index (Phi) is 4.45. The molecule has 1 heterocycles. The van der Waals surface area contributed by atoms with Gasteiger partial charge in [0.15, 0.2) is 5.69 Å². The van der Waals surface area contributed by atoms with Crippen molar-refractivity contribution < 1.29 is 9.59 Å². The molecule has 1 aromatic heterocycles. The summed E-state index contributed by atoms with van der Waals surface area (Å²) in [6, 6.07) is 3.26. The maximum atomic E-state index is 12.1. The van der Waals surface area contributed by atoms with Crippen molar-refractivity contribution in [1.82, 2.24) is 15.2 Å². The van der Waals surface area contributed by atoms with Crippen molar-refractivity contribution >= 4 is 17.5 Å². The van der Waals surface area contributed by atoms with Crippen LogP contribution in [-0.4, -0.2) is 41.8 Å². The van der Waals surface area contributed by atoms with E-state index in [0.717, 1.165) is 0 Å². The largest absolute Gasteiger partial charge is 0.397 e. The number of likely N-dealkylation sites (N-methyl/N-ethyl adjacent to an activating group) is 2. The molecule has 92 valence electrons. The Bertz CT molecular complexity index is 420. The van der Waals surface area contributed by atoms with Crippen LogP contribution in [0, 0.1) is 0 Å². The van der Waals surface area contributed by atoms with E-state index in [1.54, 1.807) is 19.1 Å². The van der Waals surface area contributed by atoms with Gasteiger partial charge in [0.1, 0.15) is 0 Å². The highest BCUT2D eigenvalue weighted by atomic mass is 16.2. The van der Waals surface area contributed by atoms with Gasteiger partial charge in [0.25, 0.3) is 5.91 Å². The van der Waals surface area contributed by atoms with Gasteiger partial charge in [-0.25, -0.2) is 4.98 Å². The van der Waals surface area contributed by atoms with Crippen LogP contribution in [0.2, 0.25) is 0 Å². The first-order valence-corrected chi connectivity index (χ1v) is 5.30. The summed E-state index contributed by atoms with van der Waals surface area (Å²) in [6.45, 7) is 2.21. The number of anilines is 1. The third-order valence-corrected chi connectivity index (χ3v) is 2.32. The topological polar surface area (TPSA) is 88.3 Å². The van der Waals surface area contributed by atoms with Crippen molar-refractivity contribution in [2.45, 2.75) is 6.92 Å². The Labute approximate surface area is 99.8 Å². The second-order valence-electron chi connectivity index (χ2n) is 3.43. The van der Waals surface area contributed by atoms with Crippen LogP contribution in [0.1, 0.15) is 17.4 Å². The molecular formula is C11H16N4O2. The van der Waals surface area contributed by atoms with Crippen molar-refractivity contribution in [2.75, 3.05) is 25.9 Å². The number of nitrogens with zero attached hydrogens (tertiary/aromatic N) is 2. The molecule has 0 atom stereocenters. The van der Waals surface area contributed by atoms with E-state index in [1.807, 2.05) is 0 Å². The van der Waals surface area contributed by atoms with Crippen LogP contribution in [0.4, 0.5) is 5.69 Å². The number of aromatic nitrogens is 1. The molecule has 2 amide bonds. The summed E-state index contributed by atoms with van der Waals surface area (Å²) in [5.41, 5.74) is 6.16. The fourth-order valence-electron chi connectivity index (χ4n) is 1.33. The molecule has 0 fully saturated rings. The highest BCUT2D eigenvalue weighted by Gasteiger charge is 2.19. The molecule has 6 nitrogen and oxygen atoms in total. The minimum absolute atomic E-state index is 0.00183. The minimum atomic E-state index is -0.339. The third-order valence-electron chi connectivity index (χ3n) is 2.32. The van der Waals surface area contributed by atoms with Crippen LogP contribution < -0.4 is 11.1 Å². The molecule has 0 bridgehead atoms. The van der Waals surface area contributed by atoms with Crippen LogP contribution in [0.5, 0.6) is 0 Å². The number of rotatable bonds is 4. The standard InChI is InChI=1S/C11H16N4O2/c1-3-15(7-9(16)13-2)11(17)10-8(12)5-4-6-14-10/h4-6H,3,7,12H2,1-2H3,(H,13,16). The SMILES string of the molecule is CCN(CC(=O)NC)C(=O)c1ncccc1N. The molecular weight excluding hydrogens is 220 g/mol. The molecule has 0 aliphatic rings. The molecule has 0 aliphatic carbocycles. The van der Waals surface area contributed by atoms with Crippen molar-refractivity contribution in [3.63, 3.8) is 0 Å². The molecule has 3 N–H and O–H groups in total. The van der Waals surface area contributed by atoms with Crippen LogP contribution in [0.25, 0.3) is 0 Å². The maximum absolute atomic E-state index is 12.1. The first-order valence-electron chi connectivity index (χ1n) is 5.30. The van der Waals surface area contributed by atoms with E-state index in [1.165, 1.54) is 18.1 Å². The summed E-state index contributed by atoms with van der Waals surface area (Å²) in [5, 5.41) is 2.47. The summed E-state index contributed by atoms with van der Waals surface area (Å²) in [7, 11) is 1.52. The average Bonchev–Trinajstić information content (AvgIpc) is 2.35. The molecule has 0 saturated heterocycles. The second-order valence-corrected chi connectivity index (χ2v) is 3.43. The van der Waals surface area contributed by atoms with E-state index in [4.69, 9.17) is 5.73 Å². The highest BCUT2D eigenvalue weighted by Crippen LogP contribution is 2.10. The van der Waals surface area contributed by atoms with Gasteiger partial charge < -0.3 is 16.0 Å². The predicted molar refractivity (Wildman–Crippen MR) is 64.3 cm³/mol. The Morgan fingerprint density at radius 1 is 1.53 bits per heavy atom.